The van der Waals surface area contributed by atoms with Crippen LogP contribution in [0, 0.1) is 0 Å². The van der Waals surface area contributed by atoms with Gasteiger partial charge >= 0.3 is 0 Å². The zero-order valence-corrected chi connectivity index (χ0v) is 40.9. The molecule has 0 atom stereocenters. The Hall–Kier alpha value is -7.76. The topological polar surface area (TPSA) is 64.1 Å². The van der Waals surface area contributed by atoms with Crippen LogP contribution in [-0.2, 0) is 16.2 Å². The number of nitrogens with zero attached hydrogens (tertiary/aromatic N) is 3. The number of aromatic hydroxyl groups is 1. The lowest BCUT2D eigenvalue weighted by molar-refractivity contribution is 0.446. The molecule has 0 amide bonds. The predicted octanol–water partition coefficient (Wildman–Crippen LogP) is 17.4. The molecule has 0 saturated carbocycles. The number of rotatable bonds is 6. The van der Waals surface area contributed by atoms with Crippen molar-refractivity contribution in [2.24, 2.45) is 0 Å². The van der Waals surface area contributed by atoms with Crippen molar-refractivity contribution in [1.29, 1.82) is 0 Å². The average Bonchev–Trinajstić information content (AvgIpc) is 3.92. The van der Waals surface area contributed by atoms with E-state index in [0.717, 1.165) is 105 Å². The number of hydrogen-bond acceptors (Lipinski definition) is 4. The average molecular weight is 900 g/mol. The summed E-state index contributed by atoms with van der Waals surface area (Å²) in [6.45, 7) is 20.0. The number of para-hydroxylation sites is 1. The van der Waals surface area contributed by atoms with Gasteiger partial charge in [-0.1, -0.05) is 178 Å². The second-order valence-electron chi connectivity index (χ2n) is 21.7. The lowest BCUT2D eigenvalue weighted by atomic mass is 9.79. The number of furan rings is 1. The van der Waals surface area contributed by atoms with Gasteiger partial charge in [-0.3, -0.25) is 9.55 Å². The van der Waals surface area contributed by atoms with Crippen molar-refractivity contribution in [3.63, 3.8) is 0 Å². The van der Waals surface area contributed by atoms with E-state index in [-0.39, 0.29) is 22.0 Å². The summed E-state index contributed by atoms with van der Waals surface area (Å²) < 4.78 is 9.42. The largest absolute Gasteiger partial charge is 0.507 e. The fourth-order valence-corrected chi connectivity index (χ4v) is 9.95. The van der Waals surface area contributed by atoms with E-state index >= 15 is 0 Å². The summed E-state index contributed by atoms with van der Waals surface area (Å²) >= 11 is 0. The lowest BCUT2D eigenvalue weighted by Crippen LogP contribution is -2.17. The summed E-state index contributed by atoms with van der Waals surface area (Å²) in [4.78, 5) is 10.8. The highest BCUT2D eigenvalue weighted by molar-refractivity contribution is 6.19. The van der Waals surface area contributed by atoms with Crippen molar-refractivity contribution in [3.8, 4) is 67.5 Å². The Labute approximate surface area is 404 Å². The molecule has 0 spiro atoms. The standard InChI is InChI=1S/C64H57N3O2/c1-62(2,3)44-28-30-55(49(36-44)40-21-14-11-15-22-40)67-56-26-18-25-47(57(56)66-61(67)52-37-45(63(4,5)6)38-53(58(52)68)64(7,8)9)50-33-43(54-35-42(31-32-65-54)39-19-12-10-13-20-39)34-51-48-29-27-41-23-16-17-24-46(41)59(48)69-60(50)51/h10-38,68H,1-9H3. The Kier molecular flexibility index (Phi) is 10.3. The first kappa shape index (κ1) is 43.8. The number of phenols is 1. The molecule has 0 aliphatic heterocycles. The number of imidazole rings is 1. The Morgan fingerprint density at radius 1 is 0.464 bits per heavy atom. The minimum Gasteiger partial charge on any atom is -0.507 e. The third-order valence-corrected chi connectivity index (χ3v) is 13.8. The second-order valence-corrected chi connectivity index (χ2v) is 21.7. The number of fused-ring (bicyclic) bond motifs is 6. The number of phenolic OH excluding ortho intramolecular Hbond substituents is 1. The van der Waals surface area contributed by atoms with E-state index in [9.17, 15) is 5.11 Å². The molecule has 5 nitrogen and oxygen atoms in total. The molecular weight excluding hydrogens is 843 g/mol. The molecule has 5 heteroatoms. The first-order chi connectivity index (χ1) is 33.0. The molecule has 69 heavy (non-hydrogen) atoms. The van der Waals surface area contributed by atoms with Gasteiger partial charge in [-0.15, -0.1) is 0 Å². The first-order valence-corrected chi connectivity index (χ1v) is 24.0. The van der Waals surface area contributed by atoms with E-state index in [4.69, 9.17) is 14.4 Å². The molecule has 3 heterocycles. The molecule has 0 radical (unpaired) electrons. The van der Waals surface area contributed by atoms with Gasteiger partial charge in [0.1, 0.15) is 22.7 Å². The van der Waals surface area contributed by atoms with Gasteiger partial charge in [0.25, 0.3) is 0 Å². The number of pyridine rings is 1. The molecule has 11 rings (SSSR count). The zero-order valence-electron chi connectivity index (χ0n) is 40.9. The molecule has 0 bridgehead atoms. The Morgan fingerprint density at radius 3 is 1.88 bits per heavy atom. The summed E-state index contributed by atoms with van der Waals surface area (Å²) in [5.41, 5.74) is 15.6. The Morgan fingerprint density at radius 2 is 1.16 bits per heavy atom. The van der Waals surface area contributed by atoms with Crippen LogP contribution in [0.4, 0.5) is 0 Å². The Bertz CT molecular complexity index is 3780. The highest BCUT2D eigenvalue weighted by Gasteiger charge is 2.30. The van der Waals surface area contributed by atoms with Crippen molar-refractivity contribution < 1.29 is 9.52 Å². The fraction of sp³-hybridized carbons (Fsp3) is 0.188. The molecule has 0 unspecified atom stereocenters. The molecule has 0 aliphatic carbocycles. The summed E-state index contributed by atoms with van der Waals surface area (Å²) in [5, 5.41) is 16.9. The summed E-state index contributed by atoms with van der Waals surface area (Å²) in [5.74, 6) is 0.895. The molecule has 11 aromatic rings. The van der Waals surface area contributed by atoms with Crippen molar-refractivity contribution in [3.05, 3.63) is 193 Å². The van der Waals surface area contributed by atoms with Crippen LogP contribution in [0.5, 0.6) is 5.75 Å². The number of aromatic nitrogens is 3. The maximum atomic E-state index is 12.7. The van der Waals surface area contributed by atoms with Gasteiger partial charge in [0.15, 0.2) is 0 Å². The van der Waals surface area contributed by atoms with Gasteiger partial charge in [0, 0.05) is 50.2 Å². The van der Waals surface area contributed by atoms with E-state index in [1.807, 2.05) is 12.3 Å². The smallest absolute Gasteiger partial charge is 0.149 e. The normalized spacial score (nSPS) is 12.5. The molecular formula is C64H57N3O2. The van der Waals surface area contributed by atoms with Gasteiger partial charge in [0.2, 0.25) is 0 Å². The summed E-state index contributed by atoms with van der Waals surface area (Å²) in [7, 11) is 0. The minimum absolute atomic E-state index is 0.0975. The third-order valence-electron chi connectivity index (χ3n) is 13.8. The van der Waals surface area contributed by atoms with Crippen LogP contribution in [0.3, 0.4) is 0 Å². The summed E-state index contributed by atoms with van der Waals surface area (Å²) in [6.07, 6.45) is 1.90. The SMILES string of the molecule is CC(C)(C)c1ccc(-n2c(-c3cc(C(C)(C)C)cc(C(C)(C)C)c3O)nc3c(-c4cc(-c5cc(-c6ccccc6)ccn5)cc5c4oc4c6ccccc6ccc54)cccc32)c(-c2ccccc2)c1. The van der Waals surface area contributed by atoms with Gasteiger partial charge in [-0.25, -0.2) is 4.98 Å². The van der Waals surface area contributed by atoms with E-state index < -0.39 is 0 Å². The van der Waals surface area contributed by atoms with Crippen molar-refractivity contribution in [2.45, 2.75) is 78.6 Å². The van der Waals surface area contributed by atoms with Crippen molar-refractivity contribution in [2.75, 3.05) is 0 Å². The Balaban J connectivity index is 1.27. The second kappa shape index (κ2) is 16.2. The van der Waals surface area contributed by atoms with Crippen LogP contribution in [0.1, 0.15) is 79.0 Å². The van der Waals surface area contributed by atoms with Gasteiger partial charge in [0.05, 0.1) is 28.0 Å². The molecule has 340 valence electrons. The molecule has 8 aromatic carbocycles. The van der Waals surface area contributed by atoms with Crippen LogP contribution in [0.25, 0.3) is 105 Å². The maximum Gasteiger partial charge on any atom is 0.149 e. The monoisotopic (exact) mass is 899 g/mol. The van der Waals surface area contributed by atoms with Crippen molar-refractivity contribution >= 4 is 43.7 Å². The van der Waals surface area contributed by atoms with Gasteiger partial charge in [-0.2, -0.15) is 0 Å². The number of hydrogen-bond donors (Lipinski definition) is 1. The molecule has 0 fully saturated rings. The highest BCUT2D eigenvalue weighted by atomic mass is 16.3. The van der Waals surface area contributed by atoms with E-state index in [1.165, 1.54) is 5.56 Å². The number of benzene rings is 8. The summed E-state index contributed by atoms with van der Waals surface area (Å²) in [6, 6.07) is 60.2. The van der Waals surface area contributed by atoms with Crippen molar-refractivity contribution in [1.82, 2.24) is 14.5 Å². The predicted molar refractivity (Wildman–Crippen MR) is 289 cm³/mol. The van der Waals surface area contributed by atoms with Crippen LogP contribution in [0.2, 0.25) is 0 Å². The van der Waals surface area contributed by atoms with Crippen LogP contribution >= 0.6 is 0 Å². The lowest BCUT2D eigenvalue weighted by Gasteiger charge is -2.28. The highest BCUT2D eigenvalue weighted by Crippen LogP contribution is 2.48. The quantitative estimate of drug-likeness (QED) is 0.181. The van der Waals surface area contributed by atoms with E-state index in [0.29, 0.717) is 11.4 Å². The first-order valence-electron chi connectivity index (χ1n) is 24.0. The van der Waals surface area contributed by atoms with Gasteiger partial charge in [-0.05, 0) is 104 Å². The van der Waals surface area contributed by atoms with Crippen LogP contribution in [-0.4, -0.2) is 19.6 Å². The maximum absolute atomic E-state index is 12.7. The zero-order chi connectivity index (χ0) is 48.0. The fourth-order valence-electron chi connectivity index (χ4n) is 9.95. The van der Waals surface area contributed by atoms with Crippen LogP contribution < -0.4 is 0 Å². The molecule has 0 saturated heterocycles. The van der Waals surface area contributed by atoms with Gasteiger partial charge < -0.3 is 9.52 Å². The molecule has 0 aliphatic rings. The van der Waals surface area contributed by atoms with E-state index in [1.54, 1.807) is 0 Å². The van der Waals surface area contributed by atoms with Crippen LogP contribution in [0.15, 0.2) is 180 Å². The minimum atomic E-state index is -0.352. The molecule has 3 aromatic heterocycles. The third kappa shape index (κ3) is 7.67. The molecule has 1 N–H and O–H groups in total. The van der Waals surface area contributed by atoms with E-state index in [2.05, 4.69) is 231 Å².